The molecule has 7 heteroatoms. The maximum absolute atomic E-state index is 10.9. The zero-order chi connectivity index (χ0) is 16.7. The first-order valence-electron chi connectivity index (χ1n) is 6.14. The second kappa shape index (κ2) is 9.84. The molecule has 6 nitrogen and oxygen atoms in total. The summed E-state index contributed by atoms with van der Waals surface area (Å²) in [5.74, 6) is -3.21. The van der Waals surface area contributed by atoms with Gasteiger partial charge in [-0.25, -0.2) is 0 Å². The molecule has 0 bridgehead atoms. The summed E-state index contributed by atoms with van der Waals surface area (Å²) in [4.78, 5) is 41.6. The van der Waals surface area contributed by atoms with E-state index in [2.05, 4.69) is 0 Å². The molecule has 0 aromatic heterocycles. The number of carbonyl (C=O) groups excluding carboxylic acids is 4. The molecule has 0 heterocycles. The minimum atomic E-state index is -1.31. The van der Waals surface area contributed by atoms with Crippen LogP contribution in [0, 0.1) is 10.8 Å². The van der Waals surface area contributed by atoms with Gasteiger partial charge in [-0.1, -0.05) is 41.5 Å². The Morgan fingerprint density at radius 1 is 0.667 bits per heavy atom. The second-order valence-electron chi connectivity index (χ2n) is 6.44. The van der Waals surface area contributed by atoms with Crippen molar-refractivity contribution in [1.82, 2.24) is 0 Å². The molecule has 0 unspecified atom stereocenters. The van der Waals surface area contributed by atoms with E-state index in [0.29, 0.717) is 0 Å². The van der Waals surface area contributed by atoms with Crippen LogP contribution in [0.15, 0.2) is 0 Å². The van der Waals surface area contributed by atoms with E-state index in [-0.39, 0.29) is 33.3 Å². The minimum Gasteiger partial charge on any atom is -0.550 e. The van der Waals surface area contributed by atoms with Gasteiger partial charge < -0.3 is 19.8 Å². The van der Waals surface area contributed by atoms with Crippen molar-refractivity contribution >= 4 is 23.5 Å². The SMILES string of the molecule is CC(C)(C)C(=O)CC(=O)[O-].CC(C)(C)C(=O)CC(=O)[O-].[Ti+2]. The summed E-state index contributed by atoms with van der Waals surface area (Å²) in [5, 5.41) is 19.8. The number of hydrogen-bond acceptors (Lipinski definition) is 6. The number of carbonyl (C=O) groups is 4. The van der Waals surface area contributed by atoms with Crippen LogP contribution in [-0.4, -0.2) is 23.5 Å². The number of hydrogen-bond donors (Lipinski definition) is 0. The van der Waals surface area contributed by atoms with E-state index in [1.807, 2.05) is 0 Å². The Hall–Kier alpha value is -1.01. The van der Waals surface area contributed by atoms with Crippen molar-refractivity contribution in [2.24, 2.45) is 10.8 Å². The van der Waals surface area contributed by atoms with Gasteiger partial charge in [-0.05, 0) is 0 Å². The van der Waals surface area contributed by atoms with Crippen molar-refractivity contribution in [3.63, 3.8) is 0 Å². The Bertz CT molecular complexity index is 349. The van der Waals surface area contributed by atoms with Gasteiger partial charge in [-0.2, -0.15) is 0 Å². The van der Waals surface area contributed by atoms with E-state index < -0.39 is 35.6 Å². The standard InChI is InChI=1S/2C7H12O3.Ti/c2*1-7(2,3)5(8)4-6(9)10;/h2*4H2,1-3H3,(H,9,10);/q;;+2/p-2. The van der Waals surface area contributed by atoms with Gasteiger partial charge in [0.15, 0.2) is 0 Å². The van der Waals surface area contributed by atoms with E-state index in [9.17, 15) is 29.4 Å². The summed E-state index contributed by atoms with van der Waals surface area (Å²) < 4.78 is 0. The van der Waals surface area contributed by atoms with Crippen molar-refractivity contribution < 1.29 is 51.1 Å². The van der Waals surface area contributed by atoms with E-state index in [1.165, 1.54) is 0 Å². The third-order valence-electron chi connectivity index (χ3n) is 2.28. The van der Waals surface area contributed by atoms with E-state index in [0.717, 1.165) is 0 Å². The van der Waals surface area contributed by atoms with Crippen LogP contribution < -0.4 is 10.2 Å². The van der Waals surface area contributed by atoms with Gasteiger partial charge in [0.1, 0.15) is 11.6 Å². The molecule has 0 aromatic rings. The number of carboxylic acids is 2. The van der Waals surface area contributed by atoms with Crippen LogP contribution >= 0.6 is 0 Å². The van der Waals surface area contributed by atoms with Crippen LogP contribution in [0.3, 0.4) is 0 Å². The third-order valence-corrected chi connectivity index (χ3v) is 2.28. The molecule has 0 aliphatic rings. The van der Waals surface area contributed by atoms with Crippen molar-refractivity contribution in [2.75, 3.05) is 0 Å². The van der Waals surface area contributed by atoms with E-state index in [1.54, 1.807) is 41.5 Å². The largest absolute Gasteiger partial charge is 2.00 e. The molecule has 0 N–H and O–H groups in total. The van der Waals surface area contributed by atoms with Gasteiger partial charge in [-0.3, -0.25) is 9.59 Å². The summed E-state index contributed by atoms with van der Waals surface area (Å²) in [6, 6.07) is 0. The van der Waals surface area contributed by atoms with Crippen LogP contribution in [0.1, 0.15) is 54.4 Å². The van der Waals surface area contributed by atoms with Crippen LogP contribution in [0.25, 0.3) is 0 Å². The summed E-state index contributed by atoms with van der Waals surface area (Å²) in [6.45, 7) is 10.1. The van der Waals surface area contributed by atoms with E-state index in [4.69, 9.17) is 0 Å². The molecule has 0 saturated heterocycles. The molecule has 0 aromatic carbocycles. The second-order valence-corrected chi connectivity index (χ2v) is 6.44. The molecule has 118 valence electrons. The smallest absolute Gasteiger partial charge is 0.550 e. The Kier molecular flexibility index (Phi) is 11.7. The number of aliphatic carboxylic acids is 2. The summed E-state index contributed by atoms with van der Waals surface area (Å²) in [6.07, 6.45) is -0.965. The van der Waals surface area contributed by atoms with Crippen LogP contribution in [0.2, 0.25) is 0 Å². The molecule has 0 aliphatic carbocycles. The minimum absolute atomic E-state index is 0. The Morgan fingerprint density at radius 2 is 0.857 bits per heavy atom. The number of carboxylic acid groups (broad SMARTS) is 2. The summed E-state index contributed by atoms with van der Waals surface area (Å²) >= 11 is 0. The van der Waals surface area contributed by atoms with Crippen LogP contribution in [0.4, 0.5) is 0 Å². The monoisotopic (exact) mass is 334 g/mol. The van der Waals surface area contributed by atoms with Crippen molar-refractivity contribution in [3.05, 3.63) is 0 Å². The molecule has 0 spiro atoms. The predicted octanol–water partition coefficient (Wildman–Crippen LogP) is -0.519. The molecule has 0 rings (SSSR count). The first kappa shape index (κ1) is 25.0. The fraction of sp³-hybridized carbons (Fsp3) is 0.714. The molecule has 0 atom stereocenters. The molecule has 0 saturated carbocycles. The van der Waals surface area contributed by atoms with Gasteiger partial charge >= 0.3 is 21.7 Å². The van der Waals surface area contributed by atoms with Crippen LogP contribution in [-0.2, 0) is 40.9 Å². The van der Waals surface area contributed by atoms with Crippen molar-refractivity contribution in [3.8, 4) is 0 Å². The first-order chi connectivity index (χ1) is 8.67. The Balaban J connectivity index is -0.000000295. The molecule has 0 radical (unpaired) electrons. The van der Waals surface area contributed by atoms with Gasteiger partial charge in [0.2, 0.25) is 0 Å². The fourth-order valence-corrected chi connectivity index (χ4v) is 0.793. The number of Topliss-reactive ketones (excluding diaryl/α,β-unsaturated/α-hetero) is 2. The van der Waals surface area contributed by atoms with Gasteiger partial charge in [0, 0.05) is 35.6 Å². The van der Waals surface area contributed by atoms with Gasteiger partial charge in [0.05, 0.1) is 0 Å². The zero-order valence-electron chi connectivity index (χ0n) is 13.4. The van der Waals surface area contributed by atoms with E-state index >= 15 is 0 Å². The average molecular weight is 334 g/mol. The summed E-state index contributed by atoms with van der Waals surface area (Å²) in [7, 11) is 0. The maximum Gasteiger partial charge on any atom is 2.00 e. The van der Waals surface area contributed by atoms with Gasteiger partial charge in [-0.15, -0.1) is 0 Å². The molecular weight excluding hydrogens is 312 g/mol. The average Bonchev–Trinajstić information content (AvgIpc) is 2.13. The van der Waals surface area contributed by atoms with Crippen molar-refractivity contribution in [2.45, 2.75) is 54.4 Å². The number of ketones is 2. The Labute approximate surface area is 140 Å². The maximum atomic E-state index is 10.9. The third kappa shape index (κ3) is 15.2. The van der Waals surface area contributed by atoms with Gasteiger partial charge in [0.25, 0.3) is 0 Å². The quantitative estimate of drug-likeness (QED) is 0.505. The molecule has 21 heavy (non-hydrogen) atoms. The van der Waals surface area contributed by atoms with Crippen molar-refractivity contribution in [1.29, 1.82) is 0 Å². The normalized spacial score (nSPS) is 10.6. The predicted molar refractivity (Wildman–Crippen MR) is 68.2 cm³/mol. The zero-order valence-corrected chi connectivity index (χ0v) is 14.9. The number of rotatable bonds is 4. The first-order valence-corrected chi connectivity index (χ1v) is 6.14. The summed E-state index contributed by atoms with van der Waals surface area (Å²) in [5.41, 5.74) is -1.14. The Morgan fingerprint density at radius 3 is 0.905 bits per heavy atom. The fourth-order valence-electron chi connectivity index (χ4n) is 0.793. The molecular formula is C14H22O6Ti. The molecule has 0 aliphatic heterocycles. The molecule has 0 amide bonds. The molecule has 0 fully saturated rings. The van der Waals surface area contributed by atoms with Crippen LogP contribution in [0.5, 0.6) is 0 Å². The topological polar surface area (TPSA) is 114 Å².